The number of hydrogen-bond acceptors (Lipinski definition) is 1. The van der Waals surface area contributed by atoms with Crippen LogP contribution in [0, 0.1) is 0 Å². The zero-order valence-corrected chi connectivity index (χ0v) is 7.94. The van der Waals surface area contributed by atoms with Crippen molar-refractivity contribution in [2.75, 3.05) is 0 Å². The monoisotopic (exact) mass is 184 g/mol. The van der Waals surface area contributed by atoms with E-state index in [1.165, 1.54) is 5.56 Å². The van der Waals surface area contributed by atoms with E-state index in [9.17, 15) is 0 Å². The number of allylic oxidation sites excluding steroid dienone is 1. The molecule has 1 aromatic heterocycles. The third-order valence-corrected chi connectivity index (χ3v) is 2.11. The predicted octanol–water partition coefficient (Wildman–Crippen LogP) is 3.68. The fraction of sp³-hybridized carbons (Fsp3) is 0.0769. The summed E-state index contributed by atoms with van der Waals surface area (Å²) in [6.45, 7) is 3.68. The van der Waals surface area contributed by atoms with E-state index < -0.39 is 0 Å². The molecule has 0 unspecified atom stereocenters. The highest BCUT2D eigenvalue weighted by Crippen LogP contribution is 2.21. The van der Waals surface area contributed by atoms with Crippen molar-refractivity contribution in [3.63, 3.8) is 0 Å². The van der Waals surface area contributed by atoms with Gasteiger partial charge in [0.25, 0.3) is 0 Å². The minimum Gasteiger partial charge on any atom is -0.468 e. The van der Waals surface area contributed by atoms with Crippen molar-refractivity contribution in [3.8, 4) is 11.1 Å². The van der Waals surface area contributed by atoms with Gasteiger partial charge in [-0.3, -0.25) is 0 Å². The summed E-state index contributed by atoms with van der Waals surface area (Å²) in [4.78, 5) is 0. The molecule has 0 aliphatic heterocycles. The summed E-state index contributed by atoms with van der Waals surface area (Å²) in [7, 11) is 0. The highest BCUT2D eigenvalue weighted by Gasteiger charge is 2.01. The smallest absolute Gasteiger partial charge is 0.108 e. The largest absolute Gasteiger partial charge is 0.468 e. The molecule has 0 bridgehead atoms. The Balaban J connectivity index is 2.29. The Bertz CT molecular complexity index is 412. The Hall–Kier alpha value is -1.76. The van der Waals surface area contributed by atoms with Crippen LogP contribution in [0.4, 0.5) is 0 Å². The average molecular weight is 184 g/mol. The van der Waals surface area contributed by atoms with Gasteiger partial charge in [-0.1, -0.05) is 36.4 Å². The van der Waals surface area contributed by atoms with Gasteiger partial charge in [0.15, 0.2) is 0 Å². The van der Waals surface area contributed by atoms with Gasteiger partial charge >= 0.3 is 0 Å². The zero-order valence-electron chi connectivity index (χ0n) is 7.94. The molecule has 0 radical (unpaired) electrons. The van der Waals surface area contributed by atoms with Crippen LogP contribution >= 0.6 is 0 Å². The molecule has 0 N–H and O–H groups in total. The van der Waals surface area contributed by atoms with Gasteiger partial charge in [0, 0.05) is 12.0 Å². The van der Waals surface area contributed by atoms with Crippen molar-refractivity contribution < 1.29 is 4.42 Å². The third kappa shape index (κ3) is 1.77. The second-order valence-corrected chi connectivity index (χ2v) is 3.16. The number of benzene rings is 1. The number of furan rings is 1. The van der Waals surface area contributed by atoms with Crippen molar-refractivity contribution in [2.45, 2.75) is 6.42 Å². The van der Waals surface area contributed by atoms with Crippen molar-refractivity contribution in [1.29, 1.82) is 0 Å². The minimum absolute atomic E-state index is 0.785. The molecule has 14 heavy (non-hydrogen) atoms. The maximum atomic E-state index is 5.39. The van der Waals surface area contributed by atoms with Gasteiger partial charge in [0.05, 0.1) is 6.26 Å². The summed E-state index contributed by atoms with van der Waals surface area (Å²) in [5.74, 6) is 0.957. The maximum Gasteiger partial charge on any atom is 0.108 e. The standard InChI is InChI=1S/C13H12O/c1-2-6-13-9-12(10-14-13)11-7-4-3-5-8-11/h2-5,7-10H,1,6H2. The molecule has 0 saturated heterocycles. The molecule has 2 aromatic rings. The van der Waals surface area contributed by atoms with E-state index in [1.54, 1.807) is 6.26 Å². The fourth-order valence-electron chi connectivity index (χ4n) is 1.41. The highest BCUT2D eigenvalue weighted by molar-refractivity contribution is 5.62. The predicted molar refractivity (Wildman–Crippen MR) is 58.0 cm³/mol. The van der Waals surface area contributed by atoms with E-state index in [0.29, 0.717) is 0 Å². The summed E-state index contributed by atoms with van der Waals surface area (Å²) in [6.07, 6.45) is 4.41. The average Bonchev–Trinajstić information content (AvgIpc) is 2.68. The highest BCUT2D eigenvalue weighted by atomic mass is 16.3. The van der Waals surface area contributed by atoms with Gasteiger partial charge in [0.1, 0.15) is 5.76 Å². The lowest BCUT2D eigenvalue weighted by molar-refractivity contribution is 0.523. The quantitative estimate of drug-likeness (QED) is 0.663. The van der Waals surface area contributed by atoms with Crippen LogP contribution in [0.1, 0.15) is 5.76 Å². The van der Waals surface area contributed by atoms with Gasteiger partial charge in [-0.2, -0.15) is 0 Å². The Kier molecular flexibility index (Phi) is 2.50. The van der Waals surface area contributed by atoms with Crippen LogP contribution in [0.2, 0.25) is 0 Å². The summed E-state index contributed by atoms with van der Waals surface area (Å²) in [5.41, 5.74) is 2.31. The molecule has 1 nitrogen and oxygen atoms in total. The van der Waals surface area contributed by atoms with Crippen LogP contribution in [0.15, 0.2) is 59.7 Å². The summed E-state index contributed by atoms with van der Waals surface area (Å²) >= 11 is 0. The third-order valence-electron chi connectivity index (χ3n) is 2.11. The zero-order chi connectivity index (χ0) is 9.80. The Morgan fingerprint density at radius 2 is 1.93 bits per heavy atom. The molecule has 0 aliphatic carbocycles. The first-order valence-corrected chi connectivity index (χ1v) is 4.64. The van der Waals surface area contributed by atoms with Crippen molar-refractivity contribution in [2.24, 2.45) is 0 Å². The lowest BCUT2D eigenvalue weighted by Gasteiger charge is -1.93. The summed E-state index contributed by atoms with van der Waals surface area (Å²) in [6, 6.07) is 12.3. The molecule has 0 atom stereocenters. The van der Waals surface area contributed by atoms with Crippen molar-refractivity contribution >= 4 is 0 Å². The van der Waals surface area contributed by atoms with Crippen molar-refractivity contribution in [3.05, 3.63) is 61.1 Å². The molecule has 0 amide bonds. The second-order valence-electron chi connectivity index (χ2n) is 3.16. The Morgan fingerprint density at radius 1 is 1.14 bits per heavy atom. The van der Waals surface area contributed by atoms with Gasteiger partial charge in [-0.25, -0.2) is 0 Å². The second kappa shape index (κ2) is 3.97. The molecular weight excluding hydrogens is 172 g/mol. The normalized spacial score (nSPS) is 10.0. The van der Waals surface area contributed by atoms with Crippen LogP contribution < -0.4 is 0 Å². The molecule has 0 spiro atoms. The molecule has 2 rings (SSSR count). The van der Waals surface area contributed by atoms with Crippen molar-refractivity contribution in [1.82, 2.24) is 0 Å². The first-order valence-electron chi connectivity index (χ1n) is 4.64. The molecule has 1 heteroatoms. The number of rotatable bonds is 3. The fourth-order valence-corrected chi connectivity index (χ4v) is 1.41. The van der Waals surface area contributed by atoms with Crippen LogP contribution in [0.3, 0.4) is 0 Å². The molecule has 1 aromatic carbocycles. The maximum absolute atomic E-state index is 5.39. The van der Waals surface area contributed by atoms with Crippen LogP contribution in [0.25, 0.3) is 11.1 Å². The van der Waals surface area contributed by atoms with Gasteiger partial charge in [-0.15, -0.1) is 6.58 Å². The Labute approximate surface area is 83.7 Å². The molecule has 0 fully saturated rings. The van der Waals surface area contributed by atoms with Gasteiger partial charge in [0.2, 0.25) is 0 Å². The van der Waals surface area contributed by atoms with Crippen LogP contribution in [-0.4, -0.2) is 0 Å². The van der Waals surface area contributed by atoms with E-state index in [2.05, 4.69) is 24.8 Å². The van der Waals surface area contributed by atoms with E-state index in [1.807, 2.05) is 24.3 Å². The molecule has 0 aliphatic rings. The van der Waals surface area contributed by atoms with E-state index in [4.69, 9.17) is 4.42 Å². The number of hydrogen-bond donors (Lipinski definition) is 0. The van der Waals surface area contributed by atoms with E-state index in [0.717, 1.165) is 17.7 Å². The SMILES string of the molecule is C=CCc1cc(-c2ccccc2)co1. The molecule has 0 saturated carbocycles. The molecular formula is C13H12O. The van der Waals surface area contributed by atoms with E-state index >= 15 is 0 Å². The van der Waals surface area contributed by atoms with E-state index in [-0.39, 0.29) is 0 Å². The lowest BCUT2D eigenvalue weighted by Crippen LogP contribution is -1.73. The Morgan fingerprint density at radius 3 is 2.64 bits per heavy atom. The lowest BCUT2D eigenvalue weighted by atomic mass is 10.1. The van der Waals surface area contributed by atoms with Crippen LogP contribution in [0.5, 0.6) is 0 Å². The minimum atomic E-state index is 0.785. The van der Waals surface area contributed by atoms with Gasteiger partial charge < -0.3 is 4.42 Å². The summed E-state index contributed by atoms with van der Waals surface area (Å²) in [5, 5.41) is 0. The summed E-state index contributed by atoms with van der Waals surface area (Å²) < 4.78 is 5.39. The topological polar surface area (TPSA) is 13.1 Å². The molecule has 1 heterocycles. The van der Waals surface area contributed by atoms with Gasteiger partial charge in [-0.05, 0) is 11.6 Å². The first kappa shape index (κ1) is 8.82. The molecule has 70 valence electrons. The first-order chi connectivity index (χ1) is 6.90. The van der Waals surface area contributed by atoms with Crippen LogP contribution in [-0.2, 0) is 6.42 Å².